The fourth-order valence-electron chi connectivity index (χ4n) is 5.22. The minimum Gasteiger partial charge on any atom is -0.336 e. The molecule has 0 aromatic carbocycles. The second kappa shape index (κ2) is 8.71. The molecule has 1 saturated carbocycles. The average Bonchev–Trinajstić information content (AvgIpc) is 3.21. The Morgan fingerprint density at radius 2 is 1.89 bits per heavy atom. The third-order valence-corrected chi connectivity index (χ3v) is 7.42. The van der Waals surface area contributed by atoms with E-state index < -0.39 is 47.4 Å². The molecule has 2 unspecified atom stereocenters. The monoisotopic (exact) mass is 519 g/mol. The number of nitrogens with zero attached hydrogens (tertiary/aromatic N) is 5. The molecule has 0 spiro atoms. The number of hydrogen-bond acceptors (Lipinski definition) is 6. The third-order valence-electron chi connectivity index (χ3n) is 7.42. The predicted octanol–water partition coefficient (Wildman–Crippen LogP) is 1.99. The van der Waals surface area contributed by atoms with Crippen LogP contribution in [0.3, 0.4) is 0 Å². The first kappa shape index (κ1) is 26.4. The van der Waals surface area contributed by atoms with Crippen molar-refractivity contribution in [2.75, 3.05) is 6.54 Å². The van der Waals surface area contributed by atoms with Gasteiger partial charge in [-0.1, -0.05) is 34.6 Å². The molecule has 2 aromatic rings. The summed E-state index contributed by atoms with van der Waals surface area (Å²) < 4.78 is 40.5. The average molecular weight is 520 g/mol. The Morgan fingerprint density at radius 1 is 1.22 bits per heavy atom. The number of fused-ring (bicyclic) bond motifs is 2. The number of hydrogen-bond donors (Lipinski definition) is 2. The summed E-state index contributed by atoms with van der Waals surface area (Å²) in [6.45, 7) is 8.65. The van der Waals surface area contributed by atoms with E-state index >= 15 is 0 Å². The number of amides is 3. The molecule has 10 nitrogen and oxygen atoms in total. The second-order valence-electron chi connectivity index (χ2n) is 11.2. The highest BCUT2D eigenvalue weighted by molar-refractivity contribution is 5.95. The Morgan fingerprint density at radius 3 is 2.49 bits per heavy atom. The molecule has 2 N–H and O–H groups in total. The van der Waals surface area contributed by atoms with E-state index in [-0.39, 0.29) is 29.5 Å². The number of nitrogens with one attached hydrogen (secondary N) is 2. The Hall–Kier alpha value is -3.69. The fraction of sp³-hybridized carbons (Fsp3) is 0.583. The number of carbonyl (C=O) groups is 3. The standard InChI is InChI=1S/C24H28F3N7O3/c1-22(2,3)18(32-21(37)24(25,26)27)20(36)33-10-13-16(23(13,4)5)17(33)19(35)31-14(8-28)15-11-34-12(9-29-15)6-7-30-34/h6-7,9,11,13-14,16-18H,10H2,1-5H3,(H,31,35)(H,32,37)/t13-,14?,16-,17-,18?/m0/s1. The van der Waals surface area contributed by atoms with Crippen LogP contribution in [0.25, 0.3) is 5.52 Å². The minimum atomic E-state index is -5.17. The summed E-state index contributed by atoms with van der Waals surface area (Å²) in [4.78, 5) is 44.3. The summed E-state index contributed by atoms with van der Waals surface area (Å²) in [6.07, 6.45) is -0.603. The summed E-state index contributed by atoms with van der Waals surface area (Å²) in [7, 11) is 0. The maximum atomic E-state index is 13.6. The number of rotatable bonds is 5. The molecule has 1 aliphatic heterocycles. The molecule has 2 fully saturated rings. The first-order valence-electron chi connectivity index (χ1n) is 11.7. The molecule has 0 bridgehead atoms. The van der Waals surface area contributed by atoms with E-state index in [9.17, 15) is 32.8 Å². The van der Waals surface area contributed by atoms with Crippen molar-refractivity contribution < 1.29 is 27.6 Å². The Labute approximate surface area is 211 Å². The van der Waals surface area contributed by atoms with Crippen molar-refractivity contribution >= 4 is 23.2 Å². The number of nitriles is 1. The Bertz CT molecular complexity index is 1290. The lowest BCUT2D eigenvalue weighted by atomic mass is 9.85. The molecular formula is C24H28F3N7O3. The van der Waals surface area contributed by atoms with Crippen LogP contribution in [-0.4, -0.2) is 62.0 Å². The number of alkyl halides is 3. The van der Waals surface area contributed by atoms with E-state index in [0.29, 0.717) is 5.52 Å². The van der Waals surface area contributed by atoms with Crippen molar-refractivity contribution in [3.8, 4) is 6.07 Å². The van der Waals surface area contributed by atoms with Crippen LogP contribution in [0.5, 0.6) is 0 Å². The number of likely N-dealkylation sites (tertiary alicyclic amines) is 1. The molecule has 1 aliphatic carbocycles. The van der Waals surface area contributed by atoms with Gasteiger partial charge in [0.2, 0.25) is 11.8 Å². The quantitative estimate of drug-likeness (QED) is 0.621. The second-order valence-corrected chi connectivity index (χ2v) is 11.2. The lowest BCUT2D eigenvalue weighted by molar-refractivity contribution is -0.176. The minimum absolute atomic E-state index is 0.0507. The summed E-state index contributed by atoms with van der Waals surface area (Å²) in [6, 6.07) is 0.0166. The van der Waals surface area contributed by atoms with Gasteiger partial charge in [-0.3, -0.25) is 19.4 Å². The van der Waals surface area contributed by atoms with Gasteiger partial charge in [-0.2, -0.15) is 23.5 Å². The van der Waals surface area contributed by atoms with Crippen LogP contribution in [0.15, 0.2) is 24.7 Å². The largest absolute Gasteiger partial charge is 0.471 e. The number of aromatic nitrogens is 3. The maximum Gasteiger partial charge on any atom is 0.471 e. The fourth-order valence-corrected chi connectivity index (χ4v) is 5.22. The van der Waals surface area contributed by atoms with Gasteiger partial charge in [-0.05, 0) is 28.7 Å². The summed E-state index contributed by atoms with van der Waals surface area (Å²) in [5.74, 6) is -3.93. The molecule has 0 radical (unpaired) electrons. The SMILES string of the molecule is CC(C)(C)C(NC(=O)C(F)(F)F)C(=O)N1C[C@H]2[C@@H]([C@H]1C(=O)NC(C#N)c1cn3nccc3cn1)C2(C)C. The molecule has 2 aromatic heterocycles. The molecule has 4 rings (SSSR count). The normalized spacial score (nSPS) is 24.1. The number of carbonyl (C=O) groups excluding carboxylic acids is 3. The lowest BCUT2D eigenvalue weighted by Gasteiger charge is -2.37. The molecule has 37 heavy (non-hydrogen) atoms. The molecule has 13 heteroatoms. The molecule has 198 valence electrons. The molecule has 2 aliphatic rings. The van der Waals surface area contributed by atoms with Crippen molar-refractivity contribution in [3.05, 3.63) is 30.4 Å². The molecule has 5 atom stereocenters. The summed E-state index contributed by atoms with van der Waals surface area (Å²) in [5.41, 5.74) is -0.422. The summed E-state index contributed by atoms with van der Waals surface area (Å²) >= 11 is 0. The van der Waals surface area contributed by atoms with Gasteiger partial charge in [0.05, 0.1) is 35.9 Å². The molecule has 1 saturated heterocycles. The Balaban J connectivity index is 1.60. The van der Waals surface area contributed by atoms with Gasteiger partial charge < -0.3 is 15.5 Å². The van der Waals surface area contributed by atoms with Crippen LogP contribution in [0.4, 0.5) is 13.2 Å². The van der Waals surface area contributed by atoms with Crippen molar-refractivity contribution in [2.45, 2.75) is 58.9 Å². The van der Waals surface area contributed by atoms with Crippen molar-refractivity contribution in [1.82, 2.24) is 30.1 Å². The smallest absolute Gasteiger partial charge is 0.336 e. The number of piperidine rings is 1. The van der Waals surface area contributed by atoms with E-state index in [0.717, 1.165) is 0 Å². The zero-order valence-electron chi connectivity index (χ0n) is 21.0. The van der Waals surface area contributed by atoms with Gasteiger partial charge in [0, 0.05) is 6.54 Å². The van der Waals surface area contributed by atoms with Crippen molar-refractivity contribution in [1.29, 1.82) is 5.26 Å². The Kier molecular flexibility index (Phi) is 6.21. The van der Waals surface area contributed by atoms with Crippen LogP contribution in [0, 0.1) is 34.0 Å². The third kappa shape index (κ3) is 4.72. The number of halogens is 3. The van der Waals surface area contributed by atoms with Gasteiger partial charge in [0.1, 0.15) is 12.1 Å². The first-order chi connectivity index (χ1) is 17.1. The van der Waals surface area contributed by atoms with Crippen LogP contribution in [-0.2, 0) is 14.4 Å². The topological polar surface area (TPSA) is 132 Å². The highest BCUT2D eigenvalue weighted by Gasteiger charge is 2.70. The van der Waals surface area contributed by atoms with Crippen molar-refractivity contribution in [3.63, 3.8) is 0 Å². The van der Waals surface area contributed by atoms with Gasteiger partial charge in [0.25, 0.3) is 0 Å². The van der Waals surface area contributed by atoms with E-state index in [1.54, 1.807) is 12.3 Å². The predicted molar refractivity (Wildman–Crippen MR) is 123 cm³/mol. The molecule has 3 amide bonds. The van der Waals surface area contributed by atoms with Crippen LogP contribution in [0.2, 0.25) is 0 Å². The van der Waals surface area contributed by atoms with Crippen LogP contribution < -0.4 is 10.6 Å². The molecular weight excluding hydrogens is 491 g/mol. The first-order valence-corrected chi connectivity index (χ1v) is 11.7. The van der Waals surface area contributed by atoms with Crippen LogP contribution in [0.1, 0.15) is 46.4 Å². The van der Waals surface area contributed by atoms with Crippen molar-refractivity contribution in [2.24, 2.45) is 22.7 Å². The highest BCUT2D eigenvalue weighted by atomic mass is 19.4. The van der Waals surface area contributed by atoms with E-state index in [1.165, 1.54) is 42.6 Å². The summed E-state index contributed by atoms with van der Waals surface area (Å²) in [5, 5.41) is 18.3. The van der Waals surface area contributed by atoms with Gasteiger partial charge >= 0.3 is 12.1 Å². The van der Waals surface area contributed by atoms with E-state index in [4.69, 9.17) is 0 Å². The van der Waals surface area contributed by atoms with Gasteiger partial charge in [0.15, 0.2) is 6.04 Å². The van der Waals surface area contributed by atoms with Crippen LogP contribution >= 0.6 is 0 Å². The highest BCUT2D eigenvalue weighted by Crippen LogP contribution is 2.65. The van der Waals surface area contributed by atoms with E-state index in [2.05, 4.69) is 15.4 Å². The van der Waals surface area contributed by atoms with Gasteiger partial charge in [-0.15, -0.1) is 0 Å². The van der Waals surface area contributed by atoms with E-state index in [1.807, 2.05) is 25.2 Å². The van der Waals surface area contributed by atoms with Gasteiger partial charge in [-0.25, -0.2) is 4.52 Å². The maximum absolute atomic E-state index is 13.6. The zero-order chi connectivity index (χ0) is 27.5. The molecule has 3 heterocycles. The lowest BCUT2D eigenvalue weighted by Crippen LogP contribution is -2.60. The zero-order valence-corrected chi connectivity index (χ0v) is 21.0.